The number of hydrogen-bond acceptors (Lipinski definition) is 4. The maximum absolute atomic E-state index is 11.9. The fourth-order valence-corrected chi connectivity index (χ4v) is 1.57. The molecule has 0 aliphatic heterocycles. The van der Waals surface area contributed by atoms with Crippen LogP contribution in [-0.4, -0.2) is 43.2 Å². The van der Waals surface area contributed by atoms with Gasteiger partial charge in [0.2, 0.25) is 0 Å². The van der Waals surface area contributed by atoms with E-state index in [0.29, 0.717) is 19.4 Å². The van der Waals surface area contributed by atoms with Crippen molar-refractivity contribution >= 4 is 5.97 Å². The fraction of sp³-hybridized carbons (Fsp3) is 0.786. The molecule has 0 saturated heterocycles. The molecule has 0 aliphatic carbocycles. The summed E-state index contributed by atoms with van der Waals surface area (Å²) in [5.74, 6) is -0.262. The lowest BCUT2D eigenvalue weighted by molar-refractivity contribution is -0.150. The highest BCUT2D eigenvalue weighted by Crippen LogP contribution is 2.32. The number of likely N-dealkylation sites (N-methyl/N-ethyl adjacent to an activating group) is 1. The minimum Gasteiger partial charge on any atom is -0.512 e. The van der Waals surface area contributed by atoms with Crippen LogP contribution in [0.4, 0.5) is 0 Å². The summed E-state index contributed by atoms with van der Waals surface area (Å²) in [6, 6.07) is 0. The number of aliphatic hydroxyl groups excluding tert-OH is 1. The van der Waals surface area contributed by atoms with Crippen LogP contribution in [-0.2, 0) is 9.53 Å². The van der Waals surface area contributed by atoms with Gasteiger partial charge in [0.15, 0.2) is 0 Å². The Hall–Kier alpha value is -1.03. The molecule has 0 bridgehead atoms. The molecule has 0 fully saturated rings. The maximum atomic E-state index is 11.9. The van der Waals surface area contributed by atoms with Crippen molar-refractivity contribution in [1.29, 1.82) is 0 Å². The summed E-state index contributed by atoms with van der Waals surface area (Å²) in [4.78, 5) is 13.9. The third kappa shape index (κ3) is 6.05. The van der Waals surface area contributed by atoms with Crippen molar-refractivity contribution in [2.24, 2.45) is 11.3 Å². The van der Waals surface area contributed by atoms with Gasteiger partial charge in [-0.1, -0.05) is 27.4 Å². The SMILES string of the molecule is C=C(O)C(C)(C)CC(CC)C(=O)OCCN(C)C. The van der Waals surface area contributed by atoms with Crippen molar-refractivity contribution in [3.63, 3.8) is 0 Å². The monoisotopic (exact) mass is 257 g/mol. The van der Waals surface area contributed by atoms with Crippen LogP contribution in [0.25, 0.3) is 0 Å². The van der Waals surface area contributed by atoms with Crippen molar-refractivity contribution < 1.29 is 14.6 Å². The predicted octanol–water partition coefficient (Wildman–Crippen LogP) is 2.61. The van der Waals surface area contributed by atoms with E-state index in [2.05, 4.69) is 6.58 Å². The van der Waals surface area contributed by atoms with Crippen LogP contribution in [0.15, 0.2) is 12.3 Å². The van der Waals surface area contributed by atoms with Crippen molar-refractivity contribution in [1.82, 2.24) is 4.90 Å². The second-order valence-electron chi connectivity index (χ2n) is 5.61. The molecule has 4 nitrogen and oxygen atoms in total. The molecule has 0 aliphatic rings. The van der Waals surface area contributed by atoms with Crippen molar-refractivity contribution in [2.75, 3.05) is 27.2 Å². The molecular formula is C14H27NO3. The van der Waals surface area contributed by atoms with Crippen molar-refractivity contribution in [3.05, 3.63) is 12.3 Å². The van der Waals surface area contributed by atoms with Crippen LogP contribution in [0, 0.1) is 11.3 Å². The first-order valence-electron chi connectivity index (χ1n) is 6.40. The van der Waals surface area contributed by atoms with Gasteiger partial charge in [0, 0.05) is 12.0 Å². The molecule has 0 aromatic carbocycles. The van der Waals surface area contributed by atoms with Crippen LogP contribution < -0.4 is 0 Å². The summed E-state index contributed by atoms with van der Waals surface area (Å²) in [6.07, 6.45) is 1.26. The van der Waals surface area contributed by atoms with E-state index < -0.39 is 5.41 Å². The van der Waals surface area contributed by atoms with Gasteiger partial charge in [-0.2, -0.15) is 0 Å². The first-order chi connectivity index (χ1) is 8.20. The first-order valence-corrected chi connectivity index (χ1v) is 6.40. The lowest BCUT2D eigenvalue weighted by atomic mass is 9.80. The summed E-state index contributed by atoms with van der Waals surface area (Å²) in [5.41, 5.74) is -0.457. The van der Waals surface area contributed by atoms with Crippen molar-refractivity contribution in [3.8, 4) is 0 Å². The Morgan fingerprint density at radius 2 is 2.00 bits per heavy atom. The highest BCUT2D eigenvalue weighted by atomic mass is 16.5. The standard InChI is InChI=1S/C14H27NO3/c1-7-12(10-14(3,4)11(2)16)13(17)18-9-8-15(5)6/h12,16H,2,7-10H2,1,3-6H3. The van der Waals surface area contributed by atoms with Crippen LogP contribution in [0.3, 0.4) is 0 Å². The molecule has 0 aromatic rings. The van der Waals surface area contributed by atoms with Crippen LogP contribution in [0.5, 0.6) is 0 Å². The van der Waals surface area contributed by atoms with Gasteiger partial charge in [0.05, 0.1) is 11.7 Å². The van der Waals surface area contributed by atoms with Gasteiger partial charge in [0.1, 0.15) is 6.61 Å². The summed E-state index contributed by atoms with van der Waals surface area (Å²) in [5, 5.41) is 9.50. The van der Waals surface area contributed by atoms with Crippen LogP contribution >= 0.6 is 0 Å². The Bertz CT molecular complexity index is 285. The minimum atomic E-state index is -0.457. The predicted molar refractivity (Wildman–Crippen MR) is 73.5 cm³/mol. The van der Waals surface area contributed by atoms with Crippen LogP contribution in [0.1, 0.15) is 33.6 Å². The second kappa shape index (κ2) is 7.41. The second-order valence-corrected chi connectivity index (χ2v) is 5.61. The molecule has 0 radical (unpaired) electrons. The highest BCUT2D eigenvalue weighted by Gasteiger charge is 2.30. The molecule has 1 N–H and O–H groups in total. The zero-order valence-electron chi connectivity index (χ0n) is 12.3. The smallest absolute Gasteiger partial charge is 0.308 e. The van der Waals surface area contributed by atoms with E-state index in [4.69, 9.17) is 4.74 Å². The summed E-state index contributed by atoms with van der Waals surface area (Å²) < 4.78 is 5.24. The summed E-state index contributed by atoms with van der Waals surface area (Å²) >= 11 is 0. The number of allylic oxidation sites excluding steroid dienone is 1. The molecule has 0 amide bonds. The zero-order chi connectivity index (χ0) is 14.3. The van der Waals surface area contributed by atoms with E-state index in [9.17, 15) is 9.90 Å². The minimum absolute atomic E-state index is 0.113. The molecule has 1 atom stereocenters. The number of rotatable bonds is 8. The molecule has 106 valence electrons. The molecule has 0 rings (SSSR count). The molecule has 0 heterocycles. The maximum Gasteiger partial charge on any atom is 0.308 e. The number of aliphatic hydroxyl groups is 1. The third-order valence-corrected chi connectivity index (χ3v) is 3.15. The average molecular weight is 257 g/mol. The third-order valence-electron chi connectivity index (χ3n) is 3.15. The molecule has 0 saturated carbocycles. The Balaban J connectivity index is 4.32. The number of nitrogens with zero attached hydrogens (tertiary/aromatic N) is 1. The van der Waals surface area contributed by atoms with Gasteiger partial charge in [0.25, 0.3) is 0 Å². The van der Waals surface area contributed by atoms with E-state index in [1.807, 2.05) is 39.8 Å². The van der Waals surface area contributed by atoms with Crippen molar-refractivity contribution in [2.45, 2.75) is 33.6 Å². The Morgan fingerprint density at radius 3 is 2.39 bits per heavy atom. The molecular weight excluding hydrogens is 230 g/mol. The zero-order valence-corrected chi connectivity index (χ0v) is 12.3. The van der Waals surface area contributed by atoms with E-state index >= 15 is 0 Å². The number of ether oxygens (including phenoxy) is 1. The Labute approximate surface area is 111 Å². The van der Waals surface area contributed by atoms with Gasteiger partial charge in [-0.05, 0) is 26.9 Å². The Morgan fingerprint density at radius 1 is 1.44 bits per heavy atom. The number of hydrogen-bond donors (Lipinski definition) is 1. The van der Waals surface area contributed by atoms with Gasteiger partial charge in [-0.25, -0.2) is 0 Å². The van der Waals surface area contributed by atoms with E-state index in [-0.39, 0.29) is 17.6 Å². The van der Waals surface area contributed by atoms with E-state index in [1.54, 1.807) is 0 Å². The lowest BCUT2D eigenvalue weighted by Crippen LogP contribution is -2.28. The van der Waals surface area contributed by atoms with Crippen LogP contribution in [0.2, 0.25) is 0 Å². The van der Waals surface area contributed by atoms with Gasteiger partial charge < -0.3 is 14.7 Å². The molecule has 0 spiro atoms. The highest BCUT2D eigenvalue weighted by molar-refractivity contribution is 5.72. The quantitative estimate of drug-likeness (QED) is 0.536. The molecule has 18 heavy (non-hydrogen) atoms. The molecule has 1 unspecified atom stereocenters. The largest absolute Gasteiger partial charge is 0.512 e. The number of carbonyl (C=O) groups is 1. The summed E-state index contributed by atoms with van der Waals surface area (Å²) in [6.45, 7) is 10.4. The van der Waals surface area contributed by atoms with Gasteiger partial charge in [-0.3, -0.25) is 4.79 Å². The van der Waals surface area contributed by atoms with E-state index in [0.717, 1.165) is 6.54 Å². The normalized spacial score (nSPS) is 13.4. The molecule has 0 aromatic heterocycles. The Kier molecular flexibility index (Phi) is 6.99. The van der Waals surface area contributed by atoms with E-state index in [1.165, 1.54) is 0 Å². The first kappa shape index (κ1) is 17.0. The van der Waals surface area contributed by atoms with Gasteiger partial charge in [-0.15, -0.1) is 0 Å². The lowest BCUT2D eigenvalue weighted by Gasteiger charge is -2.27. The average Bonchev–Trinajstić information content (AvgIpc) is 2.24. The number of esters is 1. The topological polar surface area (TPSA) is 49.8 Å². The summed E-state index contributed by atoms with van der Waals surface area (Å²) in [7, 11) is 3.87. The molecule has 4 heteroatoms. The fourth-order valence-electron chi connectivity index (χ4n) is 1.57. The number of carbonyl (C=O) groups excluding carboxylic acids is 1. The van der Waals surface area contributed by atoms with Gasteiger partial charge >= 0.3 is 5.97 Å².